The normalized spacial score (nSPS) is 19.7. The molecule has 1 aliphatic rings. The highest BCUT2D eigenvalue weighted by Crippen LogP contribution is 2.21. The summed E-state index contributed by atoms with van der Waals surface area (Å²) in [7, 11) is 0. The molecule has 2 rings (SSSR count). The first-order chi connectivity index (χ1) is 8.56. The maximum Gasteiger partial charge on any atom is 0.321 e. The highest BCUT2D eigenvalue weighted by atomic mass is 35.5. The van der Waals surface area contributed by atoms with Gasteiger partial charge in [-0.2, -0.15) is 0 Å². The van der Waals surface area contributed by atoms with E-state index in [4.69, 9.17) is 11.6 Å². The molecular formula is C13H16ClFN2O. The Labute approximate surface area is 111 Å². The number of piperidine rings is 1. The van der Waals surface area contributed by atoms with Crippen LogP contribution in [0.1, 0.15) is 19.8 Å². The van der Waals surface area contributed by atoms with E-state index in [1.807, 2.05) is 0 Å². The maximum atomic E-state index is 13.5. The van der Waals surface area contributed by atoms with E-state index in [-0.39, 0.29) is 11.7 Å². The molecular weight excluding hydrogens is 255 g/mol. The van der Waals surface area contributed by atoms with Gasteiger partial charge in [-0.1, -0.05) is 18.5 Å². The summed E-state index contributed by atoms with van der Waals surface area (Å²) in [5.41, 5.74) is 0.169. The van der Waals surface area contributed by atoms with E-state index in [1.165, 1.54) is 12.1 Å². The van der Waals surface area contributed by atoms with Crippen LogP contribution in [0, 0.1) is 11.7 Å². The van der Waals surface area contributed by atoms with Crippen molar-refractivity contribution in [1.29, 1.82) is 0 Å². The molecule has 0 radical (unpaired) electrons. The zero-order valence-corrected chi connectivity index (χ0v) is 11.0. The Morgan fingerprint density at radius 1 is 1.56 bits per heavy atom. The Balaban J connectivity index is 2.02. The molecule has 0 unspecified atom stereocenters. The Morgan fingerprint density at radius 3 is 3.00 bits per heavy atom. The van der Waals surface area contributed by atoms with E-state index in [0.717, 1.165) is 25.9 Å². The third kappa shape index (κ3) is 3.13. The molecule has 3 nitrogen and oxygen atoms in total. The number of anilines is 1. The first-order valence-corrected chi connectivity index (χ1v) is 6.45. The van der Waals surface area contributed by atoms with Gasteiger partial charge in [0.15, 0.2) is 0 Å². The number of hydrogen-bond acceptors (Lipinski definition) is 1. The van der Waals surface area contributed by atoms with E-state index in [2.05, 4.69) is 12.2 Å². The van der Waals surface area contributed by atoms with Crippen molar-refractivity contribution in [2.75, 3.05) is 18.4 Å². The minimum Gasteiger partial charge on any atom is -0.324 e. The molecule has 18 heavy (non-hydrogen) atoms. The van der Waals surface area contributed by atoms with E-state index >= 15 is 0 Å². The minimum atomic E-state index is -0.513. The lowest BCUT2D eigenvalue weighted by Gasteiger charge is -2.30. The lowest BCUT2D eigenvalue weighted by molar-refractivity contribution is 0.182. The van der Waals surface area contributed by atoms with Crippen LogP contribution >= 0.6 is 11.6 Å². The van der Waals surface area contributed by atoms with Gasteiger partial charge in [0.1, 0.15) is 5.82 Å². The van der Waals surface area contributed by atoms with Crippen molar-refractivity contribution in [3.8, 4) is 0 Å². The van der Waals surface area contributed by atoms with Crippen molar-refractivity contribution in [2.45, 2.75) is 19.8 Å². The summed E-state index contributed by atoms with van der Waals surface area (Å²) >= 11 is 5.66. The number of benzene rings is 1. The van der Waals surface area contributed by atoms with Crippen molar-refractivity contribution in [1.82, 2.24) is 4.90 Å². The van der Waals surface area contributed by atoms with Gasteiger partial charge in [0.2, 0.25) is 0 Å². The van der Waals surface area contributed by atoms with Crippen molar-refractivity contribution < 1.29 is 9.18 Å². The SMILES string of the molecule is C[C@H]1CCCN(C(=O)Nc2ccc(Cl)cc2F)C1. The maximum absolute atomic E-state index is 13.5. The van der Waals surface area contributed by atoms with Gasteiger partial charge >= 0.3 is 6.03 Å². The number of hydrogen-bond donors (Lipinski definition) is 1. The lowest BCUT2D eigenvalue weighted by Crippen LogP contribution is -2.41. The molecule has 98 valence electrons. The first kappa shape index (κ1) is 13.1. The Bertz CT molecular complexity index is 453. The Hall–Kier alpha value is -1.29. The molecule has 1 N–H and O–H groups in total. The smallest absolute Gasteiger partial charge is 0.321 e. The second-order valence-electron chi connectivity index (χ2n) is 4.75. The highest BCUT2D eigenvalue weighted by Gasteiger charge is 2.21. The number of carbonyl (C=O) groups excluding carboxylic acids is 1. The summed E-state index contributed by atoms with van der Waals surface area (Å²) in [6, 6.07) is 3.97. The monoisotopic (exact) mass is 270 g/mol. The van der Waals surface area contributed by atoms with Crippen LogP contribution in [0.4, 0.5) is 14.9 Å². The molecule has 0 aromatic heterocycles. The van der Waals surface area contributed by atoms with E-state index in [0.29, 0.717) is 10.9 Å². The Morgan fingerprint density at radius 2 is 2.33 bits per heavy atom. The van der Waals surface area contributed by atoms with Crippen LogP contribution < -0.4 is 5.32 Å². The largest absolute Gasteiger partial charge is 0.324 e. The van der Waals surface area contributed by atoms with Gasteiger partial charge in [-0.05, 0) is 37.0 Å². The van der Waals surface area contributed by atoms with Crippen molar-refractivity contribution >= 4 is 23.3 Å². The molecule has 1 aliphatic heterocycles. The fraction of sp³-hybridized carbons (Fsp3) is 0.462. The van der Waals surface area contributed by atoms with E-state index < -0.39 is 5.82 Å². The average Bonchev–Trinajstić information content (AvgIpc) is 2.32. The first-order valence-electron chi connectivity index (χ1n) is 6.07. The summed E-state index contributed by atoms with van der Waals surface area (Å²) in [4.78, 5) is 13.7. The molecule has 1 aromatic rings. The molecule has 1 heterocycles. The number of amides is 2. The number of rotatable bonds is 1. The van der Waals surface area contributed by atoms with Crippen LogP contribution in [-0.4, -0.2) is 24.0 Å². The van der Waals surface area contributed by atoms with Gasteiger partial charge < -0.3 is 10.2 Å². The predicted molar refractivity (Wildman–Crippen MR) is 70.4 cm³/mol. The van der Waals surface area contributed by atoms with E-state index in [9.17, 15) is 9.18 Å². The van der Waals surface area contributed by atoms with Gasteiger partial charge in [-0.15, -0.1) is 0 Å². The summed E-state index contributed by atoms with van der Waals surface area (Å²) in [5.74, 6) is -0.0135. The average molecular weight is 271 g/mol. The van der Waals surface area contributed by atoms with Crippen LogP contribution in [0.2, 0.25) is 5.02 Å². The molecule has 2 amide bonds. The van der Waals surface area contributed by atoms with Gasteiger partial charge in [-0.25, -0.2) is 9.18 Å². The van der Waals surface area contributed by atoms with Crippen LogP contribution in [0.3, 0.4) is 0 Å². The number of likely N-dealkylation sites (tertiary alicyclic amines) is 1. The number of urea groups is 1. The number of halogens is 2. The Kier molecular flexibility index (Phi) is 4.07. The summed E-state index contributed by atoms with van der Waals surface area (Å²) in [6.45, 7) is 3.56. The molecule has 1 atom stereocenters. The third-order valence-corrected chi connectivity index (χ3v) is 3.35. The van der Waals surface area contributed by atoms with Crippen molar-refractivity contribution in [2.24, 2.45) is 5.92 Å². The number of nitrogens with zero attached hydrogens (tertiary/aromatic N) is 1. The molecule has 5 heteroatoms. The van der Waals surface area contributed by atoms with Crippen LogP contribution in [0.5, 0.6) is 0 Å². The number of nitrogens with one attached hydrogen (secondary N) is 1. The molecule has 0 bridgehead atoms. The molecule has 0 aliphatic carbocycles. The molecule has 1 aromatic carbocycles. The molecule has 0 saturated carbocycles. The van der Waals surface area contributed by atoms with Gasteiger partial charge in [0.25, 0.3) is 0 Å². The molecule has 1 saturated heterocycles. The van der Waals surface area contributed by atoms with E-state index in [1.54, 1.807) is 11.0 Å². The summed E-state index contributed by atoms with van der Waals surface area (Å²) in [5, 5.41) is 2.90. The number of carbonyl (C=O) groups is 1. The van der Waals surface area contributed by atoms with Gasteiger partial charge in [0, 0.05) is 18.1 Å². The molecule has 1 fully saturated rings. The van der Waals surface area contributed by atoms with Crippen LogP contribution in [0.25, 0.3) is 0 Å². The highest BCUT2D eigenvalue weighted by molar-refractivity contribution is 6.30. The fourth-order valence-electron chi connectivity index (χ4n) is 2.16. The quantitative estimate of drug-likeness (QED) is 0.828. The molecule has 0 spiro atoms. The van der Waals surface area contributed by atoms with Gasteiger partial charge in [0.05, 0.1) is 5.69 Å². The lowest BCUT2D eigenvalue weighted by atomic mass is 10.0. The summed E-state index contributed by atoms with van der Waals surface area (Å²) < 4.78 is 13.5. The third-order valence-electron chi connectivity index (χ3n) is 3.12. The second kappa shape index (κ2) is 5.57. The predicted octanol–water partition coefficient (Wildman–Crippen LogP) is 3.74. The van der Waals surface area contributed by atoms with Crippen LogP contribution in [-0.2, 0) is 0 Å². The fourth-order valence-corrected chi connectivity index (χ4v) is 2.32. The standard InChI is InChI=1S/C13H16ClFN2O/c1-9-3-2-6-17(8-9)13(18)16-12-5-4-10(14)7-11(12)15/h4-5,7,9H,2-3,6,8H2,1H3,(H,16,18)/t9-/m0/s1. The topological polar surface area (TPSA) is 32.3 Å². The van der Waals surface area contributed by atoms with Crippen molar-refractivity contribution in [3.63, 3.8) is 0 Å². The second-order valence-corrected chi connectivity index (χ2v) is 5.18. The van der Waals surface area contributed by atoms with Gasteiger partial charge in [-0.3, -0.25) is 0 Å². The van der Waals surface area contributed by atoms with Crippen molar-refractivity contribution in [3.05, 3.63) is 29.0 Å². The van der Waals surface area contributed by atoms with Crippen LogP contribution in [0.15, 0.2) is 18.2 Å². The zero-order valence-electron chi connectivity index (χ0n) is 10.2. The zero-order chi connectivity index (χ0) is 13.1. The summed E-state index contributed by atoms with van der Waals surface area (Å²) in [6.07, 6.45) is 2.14. The minimum absolute atomic E-state index is 0.169.